The van der Waals surface area contributed by atoms with E-state index in [1.165, 1.54) is 12.2 Å². The lowest BCUT2D eigenvalue weighted by Crippen LogP contribution is -2.44. The molecule has 4 rings (SSSR count). The summed E-state index contributed by atoms with van der Waals surface area (Å²) >= 11 is 0. The molecule has 2 aromatic rings. The first-order valence-electron chi connectivity index (χ1n) is 17.5. The Hall–Kier alpha value is -3.70. The zero-order chi connectivity index (χ0) is 35.2. The van der Waals surface area contributed by atoms with Crippen molar-refractivity contribution < 1.29 is 28.5 Å². The fourth-order valence-electron chi connectivity index (χ4n) is 5.78. The average molecular weight is 677 g/mol. The second kappa shape index (κ2) is 18.9. The molecule has 10 nitrogen and oxygen atoms in total. The molecule has 2 aliphatic heterocycles. The first-order valence-corrected chi connectivity index (χ1v) is 17.5. The zero-order valence-electron chi connectivity index (χ0n) is 30.4. The number of hydrogen-bond donors (Lipinski definition) is 0. The van der Waals surface area contributed by atoms with E-state index in [-0.39, 0.29) is 11.6 Å². The smallest absolute Gasteiger partial charge is 0.169 e. The van der Waals surface area contributed by atoms with Crippen LogP contribution in [0.15, 0.2) is 48.6 Å². The molecule has 10 heteroatoms. The Labute approximate surface area is 293 Å². The highest BCUT2D eigenvalue weighted by Crippen LogP contribution is 2.31. The van der Waals surface area contributed by atoms with Crippen LogP contribution in [0.4, 0.5) is 0 Å². The molecule has 0 atom stereocenters. The van der Waals surface area contributed by atoms with Gasteiger partial charge < -0.3 is 38.5 Å². The molecule has 268 valence electrons. The molecule has 2 saturated heterocycles. The van der Waals surface area contributed by atoms with E-state index in [2.05, 4.69) is 33.7 Å². The predicted molar refractivity (Wildman–Crippen MR) is 196 cm³/mol. The molecule has 0 bridgehead atoms. The van der Waals surface area contributed by atoms with Gasteiger partial charge in [0.15, 0.2) is 34.6 Å². The highest BCUT2D eigenvalue weighted by molar-refractivity contribution is 6.16. The van der Waals surface area contributed by atoms with Crippen molar-refractivity contribution >= 4 is 23.7 Å². The van der Waals surface area contributed by atoms with Gasteiger partial charge in [0.25, 0.3) is 0 Å². The van der Waals surface area contributed by atoms with Gasteiger partial charge in [-0.1, -0.05) is 24.3 Å². The van der Waals surface area contributed by atoms with Gasteiger partial charge in [0.1, 0.15) is 0 Å². The molecule has 2 fully saturated rings. The molecule has 0 N–H and O–H groups in total. The largest absolute Gasteiger partial charge is 0.493 e. The molecule has 0 aliphatic carbocycles. The Morgan fingerprint density at radius 1 is 0.633 bits per heavy atom. The van der Waals surface area contributed by atoms with Crippen LogP contribution in [0.1, 0.15) is 37.8 Å². The van der Waals surface area contributed by atoms with E-state index >= 15 is 0 Å². The van der Waals surface area contributed by atoms with Crippen LogP contribution >= 0.6 is 0 Å². The number of benzene rings is 2. The van der Waals surface area contributed by atoms with Crippen molar-refractivity contribution in [2.24, 2.45) is 5.41 Å². The van der Waals surface area contributed by atoms with Gasteiger partial charge in [-0.15, -0.1) is 0 Å². The van der Waals surface area contributed by atoms with Crippen LogP contribution in [0.25, 0.3) is 12.2 Å². The highest BCUT2D eigenvalue weighted by atomic mass is 16.5. The molecule has 2 aliphatic rings. The highest BCUT2D eigenvalue weighted by Gasteiger charge is 2.32. The number of allylic oxidation sites excluding steroid dienone is 2. The second-order valence-corrected chi connectivity index (χ2v) is 13.5. The van der Waals surface area contributed by atoms with E-state index in [1.807, 2.05) is 36.4 Å². The average Bonchev–Trinajstić information content (AvgIpc) is 3.11. The van der Waals surface area contributed by atoms with Crippen molar-refractivity contribution in [3.05, 3.63) is 59.7 Å². The summed E-state index contributed by atoms with van der Waals surface area (Å²) in [7, 11) is 7.53. The quantitative estimate of drug-likeness (QED) is 0.127. The van der Waals surface area contributed by atoms with Gasteiger partial charge in [-0.2, -0.15) is 0 Å². The molecule has 0 amide bonds. The Morgan fingerprint density at radius 3 is 1.39 bits per heavy atom. The van der Waals surface area contributed by atoms with E-state index in [4.69, 9.17) is 18.9 Å². The van der Waals surface area contributed by atoms with E-state index in [0.29, 0.717) is 36.2 Å². The van der Waals surface area contributed by atoms with E-state index in [0.717, 1.165) is 89.4 Å². The summed E-state index contributed by atoms with van der Waals surface area (Å²) < 4.78 is 23.2. The monoisotopic (exact) mass is 676 g/mol. The summed E-state index contributed by atoms with van der Waals surface area (Å²) in [6.45, 7) is 15.3. The van der Waals surface area contributed by atoms with E-state index in [9.17, 15) is 9.59 Å². The van der Waals surface area contributed by atoms with Gasteiger partial charge in [0.05, 0.1) is 32.8 Å². The molecule has 0 spiro atoms. The second-order valence-electron chi connectivity index (χ2n) is 13.5. The molecule has 0 unspecified atom stereocenters. The van der Waals surface area contributed by atoms with Gasteiger partial charge in [0, 0.05) is 65.4 Å². The third-order valence-electron chi connectivity index (χ3n) is 9.41. The van der Waals surface area contributed by atoms with Crippen molar-refractivity contribution in [3.63, 3.8) is 0 Å². The van der Waals surface area contributed by atoms with Crippen LogP contribution in [0, 0.1) is 5.41 Å². The Balaban J connectivity index is 1.25. The minimum Gasteiger partial charge on any atom is -0.493 e. The zero-order valence-corrected chi connectivity index (χ0v) is 30.4. The summed E-state index contributed by atoms with van der Waals surface area (Å²) in [5.74, 6) is 1.96. The molecule has 49 heavy (non-hydrogen) atoms. The summed E-state index contributed by atoms with van der Waals surface area (Å²) in [5.41, 5.74) is 0.325. The topological polar surface area (TPSA) is 84.0 Å². The fraction of sp³-hybridized carbons (Fsp3) is 0.538. The normalized spacial score (nSPS) is 17.1. The Bertz CT molecular complexity index is 1320. The lowest BCUT2D eigenvalue weighted by molar-refractivity contribution is -0.132. The van der Waals surface area contributed by atoms with Gasteiger partial charge in [-0.25, -0.2) is 0 Å². The first-order chi connectivity index (χ1) is 23.6. The number of ketones is 2. The molecular formula is C39H56N4O6. The summed E-state index contributed by atoms with van der Waals surface area (Å²) in [6.07, 6.45) is 8.19. The number of carbonyl (C=O) groups excluding carboxylic acids is 2. The van der Waals surface area contributed by atoms with Crippen LogP contribution in [0.2, 0.25) is 0 Å². The van der Waals surface area contributed by atoms with Gasteiger partial charge in [-0.05, 0) is 88.3 Å². The standard InChI is InChI=1S/C39H56N4O6/c1-39(2,37(44)15-11-31-9-13-33(35(29-31)46-5)48-27-7-17-42-23-19-40(3)20-24-42)38(45)16-12-32-10-14-34(36(30-32)47-6)49-28-8-18-43-25-21-41(4)22-26-43/h9-16,29-30H,7-8,17-28H2,1-6H3/b15-11+,16-12+. The maximum absolute atomic E-state index is 13.2. The van der Waals surface area contributed by atoms with Crippen LogP contribution < -0.4 is 18.9 Å². The van der Waals surface area contributed by atoms with Gasteiger partial charge >= 0.3 is 0 Å². The first kappa shape index (κ1) is 38.1. The van der Waals surface area contributed by atoms with E-state index in [1.54, 1.807) is 40.2 Å². The van der Waals surface area contributed by atoms with Gasteiger partial charge in [-0.3, -0.25) is 9.59 Å². The SMILES string of the molecule is COc1cc(/C=C/C(=O)C(C)(C)C(=O)/C=C/c2ccc(OCCCN3CCN(C)CC3)c(OC)c2)ccc1OCCCN1CCN(C)CC1. The van der Waals surface area contributed by atoms with Crippen LogP contribution in [-0.2, 0) is 9.59 Å². The number of carbonyl (C=O) groups is 2. The lowest BCUT2D eigenvalue weighted by Gasteiger charge is -2.32. The lowest BCUT2D eigenvalue weighted by atomic mass is 9.82. The van der Waals surface area contributed by atoms with Crippen molar-refractivity contribution in [1.82, 2.24) is 19.6 Å². The summed E-state index contributed by atoms with van der Waals surface area (Å²) in [6, 6.07) is 11.1. The van der Waals surface area contributed by atoms with Crippen molar-refractivity contribution in [3.8, 4) is 23.0 Å². The number of nitrogens with zero attached hydrogens (tertiary/aromatic N) is 4. The number of ether oxygens (including phenoxy) is 4. The molecular weight excluding hydrogens is 620 g/mol. The van der Waals surface area contributed by atoms with Crippen molar-refractivity contribution in [2.45, 2.75) is 26.7 Å². The van der Waals surface area contributed by atoms with Crippen LogP contribution in [0.5, 0.6) is 23.0 Å². The van der Waals surface area contributed by atoms with Crippen LogP contribution in [-0.4, -0.2) is 138 Å². The summed E-state index contributed by atoms with van der Waals surface area (Å²) in [4.78, 5) is 36.0. The van der Waals surface area contributed by atoms with Crippen LogP contribution in [0.3, 0.4) is 0 Å². The molecule has 0 aromatic heterocycles. The maximum Gasteiger partial charge on any atom is 0.169 e. The fourth-order valence-corrected chi connectivity index (χ4v) is 5.78. The van der Waals surface area contributed by atoms with E-state index < -0.39 is 5.41 Å². The number of rotatable bonds is 18. The third-order valence-corrected chi connectivity index (χ3v) is 9.41. The number of piperazine rings is 2. The van der Waals surface area contributed by atoms with Gasteiger partial charge in [0.2, 0.25) is 0 Å². The Kier molecular flexibility index (Phi) is 14.7. The summed E-state index contributed by atoms with van der Waals surface area (Å²) in [5, 5.41) is 0. The molecule has 2 heterocycles. The maximum atomic E-state index is 13.2. The van der Waals surface area contributed by atoms with Crippen molar-refractivity contribution in [1.29, 1.82) is 0 Å². The third kappa shape index (κ3) is 11.7. The molecule has 2 aromatic carbocycles. The predicted octanol–water partition coefficient (Wildman–Crippen LogP) is 4.63. The molecule has 0 saturated carbocycles. The number of methoxy groups -OCH3 is 2. The Morgan fingerprint density at radius 2 is 1.02 bits per heavy atom. The minimum absolute atomic E-state index is 0.289. The minimum atomic E-state index is -1.24. The number of hydrogen-bond acceptors (Lipinski definition) is 10. The van der Waals surface area contributed by atoms with Crippen molar-refractivity contribution in [2.75, 3.05) is 107 Å². The number of likely N-dealkylation sites (N-methyl/N-ethyl adjacent to an activating group) is 2. The molecule has 0 radical (unpaired) electrons.